The summed E-state index contributed by atoms with van der Waals surface area (Å²) in [7, 11) is -1.44. The van der Waals surface area contributed by atoms with Crippen LogP contribution in [0.2, 0.25) is 0 Å². The first-order valence-corrected chi connectivity index (χ1v) is 5.97. The number of hydrogen-bond acceptors (Lipinski definition) is 4. The molecule has 5 heteroatoms. The van der Waals surface area contributed by atoms with Gasteiger partial charge in [-0.1, -0.05) is 42.0 Å². The van der Waals surface area contributed by atoms with E-state index in [2.05, 4.69) is 10.5 Å². The highest BCUT2D eigenvalue weighted by atomic mass is 16.4. The molecule has 0 spiro atoms. The summed E-state index contributed by atoms with van der Waals surface area (Å²) in [5, 5.41) is 22.4. The Morgan fingerprint density at radius 3 is 2.47 bits per heavy atom. The van der Waals surface area contributed by atoms with E-state index in [0.29, 0.717) is 5.46 Å². The number of rotatable bonds is 4. The Labute approximate surface area is 112 Å². The van der Waals surface area contributed by atoms with Crippen molar-refractivity contribution in [2.45, 2.75) is 6.92 Å². The third-order valence-electron chi connectivity index (χ3n) is 2.75. The van der Waals surface area contributed by atoms with Crippen LogP contribution in [0.25, 0.3) is 0 Å². The minimum absolute atomic E-state index is 0.508. The van der Waals surface area contributed by atoms with Gasteiger partial charge in [-0.05, 0) is 30.1 Å². The maximum absolute atomic E-state index is 9.13. The molecule has 0 amide bonds. The zero-order valence-corrected chi connectivity index (χ0v) is 10.6. The number of benzene rings is 2. The molecule has 96 valence electrons. The predicted molar refractivity (Wildman–Crippen MR) is 78.7 cm³/mol. The topological polar surface area (TPSA) is 64.9 Å². The lowest BCUT2D eigenvalue weighted by Gasteiger charge is -2.05. The molecule has 0 fully saturated rings. The Hall–Kier alpha value is -2.11. The van der Waals surface area contributed by atoms with Gasteiger partial charge in [-0.25, -0.2) is 0 Å². The summed E-state index contributed by atoms with van der Waals surface area (Å²) in [6.45, 7) is 1.83. The molecule has 0 aliphatic heterocycles. The molecule has 2 rings (SSSR count). The molecule has 0 saturated heterocycles. The van der Waals surface area contributed by atoms with Crippen LogP contribution >= 0.6 is 0 Å². The molecule has 0 atom stereocenters. The predicted octanol–water partition coefficient (Wildman–Crippen LogP) is 1.12. The van der Waals surface area contributed by atoms with Crippen molar-refractivity contribution in [3.05, 3.63) is 59.7 Å². The van der Waals surface area contributed by atoms with Crippen LogP contribution in [0.5, 0.6) is 0 Å². The van der Waals surface area contributed by atoms with Gasteiger partial charge in [-0.2, -0.15) is 5.10 Å². The molecule has 0 unspecified atom stereocenters. The third kappa shape index (κ3) is 3.68. The molecule has 0 radical (unpaired) electrons. The fourth-order valence-electron chi connectivity index (χ4n) is 1.76. The van der Waals surface area contributed by atoms with Crippen molar-refractivity contribution in [2.75, 3.05) is 5.43 Å². The first-order chi connectivity index (χ1) is 9.16. The van der Waals surface area contributed by atoms with Gasteiger partial charge in [0.15, 0.2) is 0 Å². The molecule has 0 aliphatic rings. The molecular weight excluding hydrogens is 239 g/mol. The summed E-state index contributed by atoms with van der Waals surface area (Å²) in [6.07, 6.45) is 1.69. The average molecular weight is 254 g/mol. The number of hydrazone groups is 1. The fourth-order valence-corrected chi connectivity index (χ4v) is 1.76. The Balaban J connectivity index is 2.05. The van der Waals surface area contributed by atoms with Gasteiger partial charge in [-0.15, -0.1) is 0 Å². The second-order valence-corrected chi connectivity index (χ2v) is 4.23. The second-order valence-electron chi connectivity index (χ2n) is 4.23. The van der Waals surface area contributed by atoms with E-state index < -0.39 is 7.12 Å². The minimum Gasteiger partial charge on any atom is -0.423 e. The summed E-state index contributed by atoms with van der Waals surface area (Å²) in [4.78, 5) is 0. The lowest BCUT2D eigenvalue weighted by molar-refractivity contribution is 0.425. The summed E-state index contributed by atoms with van der Waals surface area (Å²) in [6, 6.07) is 15.0. The minimum atomic E-state index is -1.44. The SMILES string of the molecule is Cc1cc(C=NNc2ccccc2)ccc1B(O)O. The van der Waals surface area contributed by atoms with Crippen LogP contribution in [0.15, 0.2) is 53.6 Å². The van der Waals surface area contributed by atoms with Gasteiger partial charge in [0.05, 0.1) is 11.9 Å². The summed E-state index contributed by atoms with van der Waals surface area (Å²) in [5.41, 5.74) is 6.05. The summed E-state index contributed by atoms with van der Waals surface area (Å²) >= 11 is 0. The van der Waals surface area contributed by atoms with Gasteiger partial charge < -0.3 is 10.0 Å². The van der Waals surface area contributed by atoms with E-state index in [1.807, 2.05) is 43.3 Å². The monoisotopic (exact) mass is 254 g/mol. The molecule has 2 aromatic carbocycles. The molecule has 19 heavy (non-hydrogen) atoms. The van der Waals surface area contributed by atoms with Crippen LogP contribution in [0.3, 0.4) is 0 Å². The van der Waals surface area contributed by atoms with Crippen molar-refractivity contribution in [1.29, 1.82) is 0 Å². The first kappa shape index (κ1) is 13.3. The maximum atomic E-state index is 9.13. The number of nitrogens with zero attached hydrogens (tertiary/aromatic N) is 1. The van der Waals surface area contributed by atoms with Crippen molar-refractivity contribution in [2.24, 2.45) is 5.10 Å². The van der Waals surface area contributed by atoms with Crippen molar-refractivity contribution < 1.29 is 10.0 Å². The van der Waals surface area contributed by atoms with Gasteiger partial charge >= 0.3 is 7.12 Å². The molecule has 0 heterocycles. The second kappa shape index (κ2) is 6.18. The van der Waals surface area contributed by atoms with Gasteiger partial charge in [0.1, 0.15) is 0 Å². The highest BCUT2D eigenvalue weighted by molar-refractivity contribution is 6.59. The zero-order chi connectivity index (χ0) is 13.7. The number of nitrogens with one attached hydrogen (secondary N) is 1. The number of hydrogen-bond donors (Lipinski definition) is 3. The normalized spacial score (nSPS) is 10.7. The average Bonchev–Trinajstić information content (AvgIpc) is 2.39. The van der Waals surface area contributed by atoms with Crippen molar-refractivity contribution in [3.8, 4) is 0 Å². The Morgan fingerprint density at radius 2 is 1.84 bits per heavy atom. The van der Waals surface area contributed by atoms with Gasteiger partial charge in [0, 0.05) is 0 Å². The van der Waals surface area contributed by atoms with Crippen molar-refractivity contribution in [3.63, 3.8) is 0 Å². The first-order valence-electron chi connectivity index (χ1n) is 5.97. The highest BCUT2D eigenvalue weighted by Crippen LogP contribution is 2.05. The summed E-state index contributed by atoms with van der Waals surface area (Å²) < 4.78 is 0. The Bertz CT molecular complexity index is 571. The molecule has 4 nitrogen and oxygen atoms in total. The lowest BCUT2D eigenvalue weighted by Crippen LogP contribution is -2.32. The van der Waals surface area contributed by atoms with E-state index in [4.69, 9.17) is 10.0 Å². The van der Waals surface area contributed by atoms with Gasteiger partial charge in [-0.3, -0.25) is 5.43 Å². The van der Waals surface area contributed by atoms with Crippen molar-refractivity contribution in [1.82, 2.24) is 0 Å². The van der Waals surface area contributed by atoms with E-state index in [0.717, 1.165) is 16.8 Å². The van der Waals surface area contributed by atoms with E-state index in [9.17, 15) is 0 Å². The molecule has 3 N–H and O–H groups in total. The van der Waals surface area contributed by atoms with E-state index in [1.165, 1.54) is 0 Å². The summed E-state index contributed by atoms with van der Waals surface area (Å²) in [5.74, 6) is 0. The van der Waals surface area contributed by atoms with Crippen LogP contribution in [0.1, 0.15) is 11.1 Å². The van der Waals surface area contributed by atoms with Gasteiger partial charge in [0.2, 0.25) is 0 Å². The molecule has 0 aromatic heterocycles. The number of anilines is 1. The molecule has 0 bridgehead atoms. The molecule has 0 aliphatic carbocycles. The quantitative estimate of drug-likeness (QED) is 0.435. The third-order valence-corrected chi connectivity index (χ3v) is 2.75. The molecule has 2 aromatic rings. The number of aryl methyl sites for hydroxylation is 1. The van der Waals surface area contributed by atoms with E-state index in [1.54, 1.807) is 18.3 Å². The zero-order valence-electron chi connectivity index (χ0n) is 10.6. The standard InChI is InChI=1S/C14H15BN2O2/c1-11-9-12(7-8-14(11)15(18)19)10-16-17-13-5-3-2-4-6-13/h2-10,17-19H,1H3. The van der Waals surface area contributed by atoms with Crippen molar-refractivity contribution >= 4 is 24.5 Å². The highest BCUT2D eigenvalue weighted by Gasteiger charge is 2.13. The maximum Gasteiger partial charge on any atom is 0.488 e. The van der Waals surface area contributed by atoms with Gasteiger partial charge in [0.25, 0.3) is 0 Å². The Kier molecular flexibility index (Phi) is 4.33. The largest absolute Gasteiger partial charge is 0.488 e. The smallest absolute Gasteiger partial charge is 0.423 e. The molecular formula is C14H15BN2O2. The van der Waals surface area contributed by atoms with Crippen LogP contribution < -0.4 is 10.9 Å². The van der Waals surface area contributed by atoms with Crippen LogP contribution in [0.4, 0.5) is 5.69 Å². The fraction of sp³-hybridized carbons (Fsp3) is 0.0714. The number of para-hydroxylation sites is 1. The Morgan fingerprint density at radius 1 is 1.11 bits per heavy atom. The lowest BCUT2D eigenvalue weighted by atomic mass is 9.77. The molecule has 0 saturated carbocycles. The van der Waals surface area contributed by atoms with Crippen LogP contribution in [-0.2, 0) is 0 Å². The van der Waals surface area contributed by atoms with E-state index in [-0.39, 0.29) is 0 Å². The van der Waals surface area contributed by atoms with E-state index >= 15 is 0 Å². The van der Waals surface area contributed by atoms with Crippen LogP contribution in [0, 0.1) is 6.92 Å². The van der Waals surface area contributed by atoms with Crippen LogP contribution in [-0.4, -0.2) is 23.4 Å².